The number of hydrogen-bond donors (Lipinski definition) is 6. The molecule has 0 spiro atoms. The maximum atomic E-state index is 13.2. The average molecular weight is 875 g/mol. The molecule has 1 aliphatic carbocycles. The Morgan fingerprint density at radius 2 is 1.65 bits per heavy atom. The number of nitrogens with one attached hydrogen (secondary N) is 3. The number of unbranched alkanes of at least 4 members (excludes halogenated alkanes) is 4. The zero-order chi connectivity index (χ0) is 45.1. The van der Waals surface area contributed by atoms with E-state index in [4.69, 9.17) is 21.4 Å². The van der Waals surface area contributed by atoms with Gasteiger partial charge in [-0.3, -0.25) is 34.0 Å². The summed E-state index contributed by atoms with van der Waals surface area (Å²) in [7, 11) is 0. The second-order valence-corrected chi connectivity index (χ2v) is 17.4. The summed E-state index contributed by atoms with van der Waals surface area (Å²) in [6.07, 6.45) is 9.46. The summed E-state index contributed by atoms with van der Waals surface area (Å²) in [5, 5.41) is 19.8. The van der Waals surface area contributed by atoms with Crippen molar-refractivity contribution >= 4 is 46.3 Å². The SMILES string of the molecule is Nc1ncccc1-c1nc2ccc(-c3cccc(CCC(=O)NCCCCCCCNc4cccc5c4C(O)N(C4CCC(=O)NC4=O)C5=O)c3)nc2n1-c1ccc(C2(N)CCC2)cc1. The predicted molar refractivity (Wildman–Crippen MR) is 248 cm³/mol. The van der Waals surface area contributed by atoms with Crippen LogP contribution in [0.3, 0.4) is 0 Å². The van der Waals surface area contributed by atoms with E-state index in [1.807, 2.05) is 53.1 Å². The van der Waals surface area contributed by atoms with Crippen molar-refractivity contribution in [1.29, 1.82) is 0 Å². The summed E-state index contributed by atoms with van der Waals surface area (Å²) in [6.45, 7) is 1.26. The van der Waals surface area contributed by atoms with Crippen molar-refractivity contribution in [3.63, 3.8) is 0 Å². The van der Waals surface area contributed by atoms with Gasteiger partial charge in [-0.25, -0.2) is 15.0 Å². The third kappa shape index (κ3) is 8.93. The van der Waals surface area contributed by atoms with Crippen LogP contribution >= 0.6 is 0 Å². The molecule has 6 aromatic rings. The fraction of sp³-hybridized carbons (Fsp3) is 0.340. The highest BCUT2D eigenvalue weighted by atomic mass is 16.3. The molecule has 1 saturated heterocycles. The van der Waals surface area contributed by atoms with Crippen molar-refractivity contribution in [2.75, 3.05) is 24.1 Å². The lowest BCUT2D eigenvalue weighted by atomic mass is 9.73. The first kappa shape index (κ1) is 43.3. The molecular weight excluding hydrogens is 821 g/mol. The van der Waals surface area contributed by atoms with Gasteiger partial charge in [0, 0.05) is 65.7 Å². The zero-order valence-corrected chi connectivity index (χ0v) is 36.3. The molecule has 4 amide bonds. The molecule has 15 heteroatoms. The van der Waals surface area contributed by atoms with Gasteiger partial charge >= 0.3 is 0 Å². The zero-order valence-electron chi connectivity index (χ0n) is 36.3. The number of nitrogen functional groups attached to an aromatic ring is 1. The van der Waals surface area contributed by atoms with Gasteiger partial charge in [-0.1, -0.05) is 55.7 Å². The molecule has 0 radical (unpaired) electrons. The lowest BCUT2D eigenvalue weighted by Gasteiger charge is -2.38. The Morgan fingerprint density at radius 1 is 0.877 bits per heavy atom. The minimum absolute atomic E-state index is 0.0152. The van der Waals surface area contributed by atoms with Gasteiger partial charge in [-0.15, -0.1) is 0 Å². The number of aryl methyl sites for hydroxylation is 1. The lowest BCUT2D eigenvalue weighted by molar-refractivity contribution is -0.139. The number of aliphatic hydroxyl groups is 1. The van der Waals surface area contributed by atoms with Gasteiger partial charge in [-0.2, -0.15) is 0 Å². The van der Waals surface area contributed by atoms with Gasteiger partial charge in [0.15, 0.2) is 17.7 Å². The quantitative estimate of drug-likeness (QED) is 0.0433. The van der Waals surface area contributed by atoms with E-state index in [0.717, 1.165) is 85.0 Å². The van der Waals surface area contributed by atoms with E-state index in [1.54, 1.807) is 18.3 Å². The lowest BCUT2D eigenvalue weighted by Crippen LogP contribution is -2.53. The largest absolute Gasteiger partial charge is 0.385 e. The number of piperidine rings is 1. The molecule has 5 heterocycles. The minimum Gasteiger partial charge on any atom is -0.385 e. The Labute approximate surface area is 377 Å². The maximum Gasteiger partial charge on any atom is 0.257 e. The standard InChI is InChI=1S/C50H54N10O5/c51-44-36(13-8-29-55-44)45-57-39-21-20-37(56-46(39)59(45)34-18-16-33(17-19-34)50(52)25-9-26-50)32-11-6-10-31(30-32)15-23-41(61)54-28-5-3-1-2-4-27-53-38-14-7-12-35-43(38)49(65)60(48(35)64)40-22-24-42(62)58-47(40)63/h6-8,10-14,16-21,29-30,40,49,53,65H,1-5,9,15,22-28,52H2,(H2,51,55)(H,54,61)(H,58,62,63). The first-order valence-electron chi connectivity index (χ1n) is 22.7. The number of aromatic nitrogens is 4. The molecule has 15 nitrogen and oxygen atoms in total. The number of hydrogen-bond acceptors (Lipinski definition) is 11. The van der Waals surface area contributed by atoms with Gasteiger partial charge in [0.05, 0.1) is 11.3 Å². The van der Waals surface area contributed by atoms with E-state index in [1.165, 1.54) is 4.90 Å². The van der Waals surface area contributed by atoms with E-state index in [-0.39, 0.29) is 30.2 Å². The van der Waals surface area contributed by atoms with Gasteiger partial charge in [0.25, 0.3) is 5.91 Å². The number of carbonyl (C=O) groups is 4. The fourth-order valence-electron chi connectivity index (χ4n) is 9.24. The number of rotatable bonds is 17. The Balaban J connectivity index is 0.745. The van der Waals surface area contributed by atoms with E-state index in [0.29, 0.717) is 65.6 Å². The van der Waals surface area contributed by atoms with Crippen molar-refractivity contribution in [3.8, 4) is 28.3 Å². The predicted octanol–water partition coefficient (Wildman–Crippen LogP) is 6.43. The number of nitrogens with zero attached hydrogens (tertiary/aromatic N) is 5. The number of imidazole rings is 1. The molecule has 65 heavy (non-hydrogen) atoms. The van der Waals surface area contributed by atoms with E-state index >= 15 is 0 Å². The van der Waals surface area contributed by atoms with Crippen molar-refractivity contribution in [2.24, 2.45) is 5.73 Å². The number of pyridine rings is 2. The molecule has 3 aromatic carbocycles. The molecule has 8 N–H and O–H groups in total. The number of fused-ring (bicyclic) bond motifs is 2. The first-order chi connectivity index (χ1) is 31.6. The van der Waals surface area contributed by atoms with Crippen LogP contribution in [0.4, 0.5) is 11.5 Å². The van der Waals surface area contributed by atoms with Crippen LogP contribution in [0.5, 0.6) is 0 Å². The molecule has 9 rings (SSSR count). The van der Waals surface area contributed by atoms with Gasteiger partial charge in [0.1, 0.15) is 17.4 Å². The highest BCUT2D eigenvalue weighted by molar-refractivity contribution is 6.06. The van der Waals surface area contributed by atoms with Crippen LogP contribution in [-0.2, 0) is 26.3 Å². The molecule has 3 aromatic heterocycles. The van der Waals surface area contributed by atoms with Crippen LogP contribution in [0.25, 0.3) is 39.5 Å². The summed E-state index contributed by atoms with van der Waals surface area (Å²) in [5.41, 5.74) is 21.1. The Bertz CT molecular complexity index is 2770. The van der Waals surface area contributed by atoms with Gasteiger partial charge in [0.2, 0.25) is 17.7 Å². The number of amides is 4. The van der Waals surface area contributed by atoms with Crippen LogP contribution in [0.1, 0.15) is 104 Å². The van der Waals surface area contributed by atoms with Crippen LogP contribution in [0.15, 0.2) is 97.2 Å². The molecule has 1 saturated carbocycles. The Morgan fingerprint density at radius 3 is 2.42 bits per heavy atom. The highest BCUT2D eigenvalue weighted by Gasteiger charge is 2.45. The van der Waals surface area contributed by atoms with Gasteiger partial charge in [-0.05, 0) is 111 Å². The summed E-state index contributed by atoms with van der Waals surface area (Å²) >= 11 is 0. The van der Waals surface area contributed by atoms with Crippen LogP contribution in [-0.4, -0.2) is 72.3 Å². The molecule has 0 bridgehead atoms. The summed E-state index contributed by atoms with van der Waals surface area (Å²) in [6, 6.07) is 28.5. The van der Waals surface area contributed by atoms with Crippen LogP contribution in [0.2, 0.25) is 0 Å². The monoisotopic (exact) mass is 874 g/mol. The Kier molecular flexibility index (Phi) is 12.4. The number of carbonyl (C=O) groups excluding carboxylic acids is 4. The molecule has 2 atom stereocenters. The summed E-state index contributed by atoms with van der Waals surface area (Å²) < 4.78 is 2.03. The number of imide groups is 1. The third-order valence-electron chi connectivity index (χ3n) is 13.0. The van der Waals surface area contributed by atoms with E-state index in [9.17, 15) is 24.3 Å². The van der Waals surface area contributed by atoms with Crippen molar-refractivity contribution in [1.82, 2.24) is 35.1 Å². The third-order valence-corrected chi connectivity index (χ3v) is 13.0. The topological polar surface area (TPSA) is 223 Å². The number of benzene rings is 3. The van der Waals surface area contributed by atoms with Crippen LogP contribution in [0, 0.1) is 0 Å². The smallest absolute Gasteiger partial charge is 0.257 e. The second kappa shape index (κ2) is 18.6. The maximum absolute atomic E-state index is 13.2. The summed E-state index contributed by atoms with van der Waals surface area (Å²) in [5.74, 6) is -0.315. The number of aliphatic hydroxyl groups excluding tert-OH is 1. The van der Waals surface area contributed by atoms with Crippen molar-refractivity contribution < 1.29 is 24.3 Å². The second-order valence-electron chi connectivity index (χ2n) is 17.4. The molecular formula is C50H54N10O5. The van der Waals surface area contributed by atoms with Gasteiger partial charge < -0.3 is 27.2 Å². The molecule has 2 aliphatic heterocycles. The highest BCUT2D eigenvalue weighted by Crippen LogP contribution is 2.41. The van der Waals surface area contributed by atoms with E-state index < -0.39 is 24.1 Å². The molecule has 334 valence electrons. The van der Waals surface area contributed by atoms with Crippen molar-refractivity contribution in [3.05, 3.63) is 119 Å². The number of nitrogens with two attached hydrogens (primary N) is 2. The molecule has 2 fully saturated rings. The fourth-order valence-corrected chi connectivity index (χ4v) is 9.24. The average Bonchev–Trinajstić information content (AvgIpc) is 3.80. The van der Waals surface area contributed by atoms with E-state index in [2.05, 4.69) is 51.3 Å². The van der Waals surface area contributed by atoms with Crippen LogP contribution < -0.4 is 27.4 Å². The molecule has 3 aliphatic rings. The minimum atomic E-state index is -1.28. The summed E-state index contributed by atoms with van der Waals surface area (Å²) in [4.78, 5) is 65.8. The van der Waals surface area contributed by atoms with Crippen molar-refractivity contribution in [2.45, 2.75) is 94.9 Å². The molecule has 2 unspecified atom stereocenters. The Hall–Kier alpha value is -6.97. The number of anilines is 2. The first-order valence-corrected chi connectivity index (χ1v) is 22.7. The normalized spacial score (nSPS) is 17.8.